The third-order valence-electron chi connectivity index (χ3n) is 4.02. The quantitative estimate of drug-likeness (QED) is 0.900. The van der Waals surface area contributed by atoms with Crippen molar-refractivity contribution in [3.8, 4) is 6.01 Å². The number of nitrogens with zero attached hydrogens (tertiary/aromatic N) is 4. The Morgan fingerprint density at radius 3 is 2.38 bits per heavy atom. The number of ether oxygens (including phenoxy) is 1. The lowest BCUT2D eigenvalue weighted by molar-refractivity contribution is 0.221. The van der Waals surface area contributed by atoms with Crippen molar-refractivity contribution in [1.29, 1.82) is 0 Å². The van der Waals surface area contributed by atoms with Crippen molar-refractivity contribution < 1.29 is 4.74 Å². The molecular formula is C15H27N5O. The van der Waals surface area contributed by atoms with E-state index >= 15 is 0 Å². The Morgan fingerprint density at radius 2 is 1.81 bits per heavy atom. The summed E-state index contributed by atoms with van der Waals surface area (Å²) in [5, 5.41) is 2.98. The van der Waals surface area contributed by atoms with Crippen molar-refractivity contribution in [3.63, 3.8) is 0 Å². The Balaban J connectivity index is 2.17. The number of aromatic nitrogens is 3. The van der Waals surface area contributed by atoms with E-state index < -0.39 is 0 Å². The maximum absolute atomic E-state index is 5.62. The molecule has 1 aliphatic rings. The van der Waals surface area contributed by atoms with Crippen LogP contribution < -0.4 is 15.0 Å². The summed E-state index contributed by atoms with van der Waals surface area (Å²) in [5.41, 5.74) is 0. The van der Waals surface area contributed by atoms with Gasteiger partial charge in [0.25, 0.3) is 0 Å². The van der Waals surface area contributed by atoms with Gasteiger partial charge in [0.15, 0.2) is 0 Å². The molecule has 118 valence electrons. The molecule has 1 saturated carbocycles. The minimum absolute atomic E-state index is 0.0470. The zero-order chi connectivity index (χ0) is 15.4. The average molecular weight is 293 g/mol. The lowest BCUT2D eigenvalue weighted by Gasteiger charge is -2.33. The highest BCUT2D eigenvalue weighted by molar-refractivity contribution is 5.38. The average Bonchev–Trinajstić information content (AvgIpc) is 2.46. The van der Waals surface area contributed by atoms with E-state index in [2.05, 4.69) is 39.1 Å². The number of anilines is 2. The Hall–Kier alpha value is -1.59. The van der Waals surface area contributed by atoms with Crippen LogP contribution in [-0.2, 0) is 0 Å². The molecule has 21 heavy (non-hydrogen) atoms. The first kappa shape index (κ1) is 15.8. The van der Waals surface area contributed by atoms with Gasteiger partial charge in [-0.25, -0.2) is 0 Å². The summed E-state index contributed by atoms with van der Waals surface area (Å²) in [7, 11) is 3.87. The molecule has 1 N–H and O–H groups in total. The molecule has 0 aliphatic heterocycles. The number of rotatable bonds is 5. The number of hydrogen-bond acceptors (Lipinski definition) is 6. The first-order valence-corrected chi connectivity index (χ1v) is 7.83. The molecule has 1 aromatic rings. The van der Waals surface area contributed by atoms with Gasteiger partial charge in [0, 0.05) is 20.1 Å². The highest BCUT2D eigenvalue weighted by Gasteiger charge is 2.24. The minimum Gasteiger partial charge on any atom is -0.461 e. The van der Waals surface area contributed by atoms with Crippen LogP contribution in [0.25, 0.3) is 0 Å². The van der Waals surface area contributed by atoms with Gasteiger partial charge in [-0.05, 0) is 45.4 Å². The van der Waals surface area contributed by atoms with Gasteiger partial charge >= 0.3 is 6.01 Å². The zero-order valence-corrected chi connectivity index (χ0v) is 13.8. The van der Waals surface area contributed by atoms with Crippen LogP contribution in [0.3, 0.4) is 0 Å². The van der Waals surface area contributed by atoms with Gasteiger partial charge in [-0.2, -0.15) is 15.0 Å². The Morgan fingerprint density at radius 1 is 1.14 bits per heavy atom. The highest BCUT2D eigenvalue weighted by Crippen LogP contribution is 2.28. The molecule has 1 fully saturated rings. The van der Waals surface area contributed by atoms with Gasteiger partial charge in [0.2, 0.25) is 11.9 Å². The standard InChI is InChI=1S/C15H27N5O/c1-10(2)21-15-18-13(16-4)17-14(19-15)20(5)12-8-6-11(3)7-9-12/h10-12H,6-9H2,1-5H3,(H,16,17,18,19). The van der Waals surface area contributed by atoms with E-state index in [0.717, 1.165) is 5.92 Å². The molecule has 0 atom stereocenters. The summed E-state index contributed by atoms with van der Waals surface area (Å²) < 4.78 is 5.62. The summed E-state index contributed by atoms with van der Waals surface area (Å²) in [6, 6.07) is 0.885. The molecule has 6 heteroatoms. The maximum atomic E-state index is 5.62. The first-order valence-electron chi connectivity index (χ1n) is 7.83. The molecule has 0 unspecified atom stereocenters. The Bertz CT molecular complexity index is 457. The van der Waals surface area contributed by atoms with Crippen molar-refractivity contribution in [1.82, 2.24) is 15.0 Å². The predicted molar refractivity (Wildman–Crippen MR) is 85.0 cm³/mol. The van der Waals surface area contributed by atoms with Crippen molar-refractivity contribution in [3.05, 3.63) is 0 Å². The van der Waals surface area contributed by atoms with Gasteiger partial charge in [-0.1, -0.05) is 6.92 Å². The molecule has 1 aliphatic carbocycles. The molecule has 0 spiro atoms. The SMILES string of the molecule is CNc1nc(OC(C)C)nc(N(C)C2CCC(C)CC2)n1. The van der Waals surface area contributed by atoms with Crippen LogP contribution in [0, 0.1) is 5.92 Å². The van der Waals surface area contributed by atoms with E-state index in [1.54, 1.807) is 7.05 Å². The van der Waals surface area contributed by atoms with Crippen molar-refractivity contribution in [2.75, 3.05) is 24.3 Å². The number of nitrogens with one attached hydrogen (secondary N) is 1. The molecule has 1 heterocycles. The molecular weight excluding hydrogens is 266 g/mol. The van der Waals surface area contributed by atoms with Crippen LogP contribution in [0.15, 0.2) is 0 Å². The fourth-order valence-electron chi connectivity index (χ4n) is 2.67. The van der Waals surface area contributed by atoms with Crippen LogP contribution in [0.4, 0.5) is 11.9 Å². The molecule has 0 aromatic carbocycles. The van der Waals surface area contributed by atoms with E-state index in [4.69, 9.17) is 4.74 Å². The van der Waals surface area contributed by atoms with Gasteiger partial charge < -0.3 is 15.0 Å². The lowest BCUT2D eigenvalue weighted by atomic mass is 9.87. The summed E-state index contributed by atoms with van der Waals surface area (Å²) in [6.45, 7) is 6.26. The monoisotopic (exact) mass is 293 g/mol. The molecule has 0 amide bonds. The Labute approximate surface area is 127 Å². The van der Waals surface area contributed by atoms with Crippen LogP contribution >= 0.6 is 0 Å². The smallest absolute Gasteiger partial charge is 0.323 e. The highest BCUT2D eigenvalue weighted by atomic mass is 16.5. The topological polar surface area (TPSA) is 63.2 Å². The zero-order valence-electron chi connectivity index (χ0n) is 13.8. The van der Waals surface area contributed by atoms with Crippen LogP contribution in [0.5, 0.6) is 6.01 Å². The second-order valence-corrected chi connectivity index (χ2v) is 6.18. The summed E-state index contributed by atoms with van der Waals surface area (Å²) in [6.07, 6.45) is 4.98. The van der Waals surface area contributed by atoms with Crippen molar-refractivity contribution in [2.45, 2.75) is 58.6 Å². The van der Waals surface area contributed by atoms with Crippen LogP contribution in [0.2, 0.25) is 0 Å². The van der Waals surface area contributed by atoms with Crippen LogP contribution in [-0.4, -0.2) is 41.2 Å². The third-order valence-corrected chi connectivity index (χ3v) is 4.02. The normalized spacial score (nSPS) is 22.2. The summed E-state index contributed by atoms with van der Waals surface area (Å²) in [5.74, 6) is 2.07. The predicted octanol–water partition coefficient (Wildman–Crippen LogP) is 2.72. The molecule has 0 radical (unpaired) electrons. The fraction of sp³-hybridized carbons (Fsp3) is 0.800. The van der Waals surface area contributed by atoms with Gasteiger partial charge in [-0.3, -0.25) is 0 Å². The minimum atomic E-state index is 0.0470. The third kappa shape index (κ3) is 4.19. The van der Waals surface area contributed by atoms with Gasteiger partial charge in [0.05, 0.1) is 6.10 Å². The number of hydrogen-bond donors (Lipinski definition) is 1. The molecule has 6 nitrogen and oxygen atoms in total. The summed E-state index contributed by atoms with van der Waals surface area (Å²) in [4.78, 5) is 15.3. The van der Waals surface area contributed by atoms with Crippen LogP contribution in [0.1, 0.15) is 46.5 Å². The maximum Gasteiger partial charge on any atom is 0.323 e. The first-order chi connectivity index (χ1) is 9.99. The molecule has 1 aromatic heterocycles. The van der Waals surface area contributed by atoms with Crippen molar-refractivity contribution in [2.24, 2.45) is 5.92 Å². The second-order valence-electron chi connectivity index (χ2n) is 6.18. The van der Waals surface area contributed by atoms with E-state index in [1.807, 2.05) is 13.8 Å². The fourth-order valence-corrected chi connectivity index (χ4v) is 2.67. The van der Waals surface area contributed by atoms with E-state index in [1.165, 1.54) is 25.7 Å². The second kappa shape index (κ2) is 6.91. The van der Waals surface area contributed by atoms with E-state index in [0.29, 0.717) is 23.9 Å². The largest absolute Gasteiger partial charge is 0.461 e. The van der Waals surface area contributed by atoms with Gasteiger partial charge in [0.1, 0.15) is 0 Å². The van der Waals surface area contributed by atoms with Gasteiger partial charge in [-0.15, -0.1) is 0 Å². The Kier molecular flexibility index (Phi) is 5.20. The van der Waals surface area contributed by atoms with E-state index in [9.17, 15) is 0 Å². The van der Waals surface area contributed by atoms with E-state index in [-0.39, 0.29) is 6.10 Å². The molecule has 2 rings (SSSR count). The van der Waals surface area contributed by atoms with Crippen molar-refractivity contribution >= 4 is 11.9 Å². The molecule has 0 saturated heterocycles. The molecule has 0 bridgehead atoms. The lowest BCUT2D eigenvalue weighted by Crippen LogP contribution is -2.36. The summed E-state index contributed by atoms with van der Waals surface area (Å²) >= 11 is 0.